The lowest BCUT2D eigenvalue weighted by atomic mass is 9.98. The van der Waals surface area contributed by atoms with Gasteiger partial charge in [0.2, 0.25) is 0 Å². The number of hydrogen-bond acceptors (Lipinski definition) is 16. The molecule has 288 valence electrons. The Labute approximate surface area is 286 Å². The maximum absolute atomic E-state index is 13.1. The number of carboxylic acid groups (broad SMARTS) is 1. The molecule has 17 heteroatoms. The van der Waals surface area contributed by atoms with E-state index in [0.717, 1.165) is 25.7 Å². The van der Waals surface area contributed by atoms with Crippen molar-refractivity contribution in [2.75, 3.05) is 13.2 Å². The van der Waals surface area contributed by atoms with Gasteiger partial charge >= 0.3 is 11.9 Å². The van der Waals surface area contributed by atoms with Crippen LogP contribution < -0.4 is 0 Å². The van der Waals surface area contributed by atoms with Gasteiger partial charge in [0.25, 0.3) is 0 Å². The van der Waals surface area contributed by atoms with E-state index in [-0.39, 0.29) is 12.8 Å². The zero-order valence-electron chi connectivity index (χ0n) is 28.3. The molecule has 0 unspecified atom stereocenters. The van der Waals surface area contributed by atoms with Crippen LogP contribution >= 0.6 is 0 Å². The standard InChI is InChI=1S/C32H58O17/c1-3-5-7-9-18(46-31-29(43)27(41)25(39)21(15-33)48-31)11-17(35)12-24(38)45-19(10-8-6-4-2)13-20(14-23(36)37)47-32-30(44)28(42)26(40)22(16-34)49-32/h17-22,25-35,39-44H,3-16H2,1-2H3,(H,36,37)/t17-,18+,19-,20-,21-,22-,25+,26+,27+,28+,29+,30+,31-,32-/m0/s1. The summed E-state index contributed by atoms with van der Waals surface area (Å²) in [5, 5.41) is 101. The lowest BCUT2D eigenvalue weighted by molar-refractivity contribution is -0.313. The number of aliphatic hydroxyl groups is 9. The number of esters is 1. The molecule has 2 saturated heterocycles. The highest BCUT2D eigenvalue weighted by Gasteiger charge is 2.46. The van der Waals surface area contributed by atoms with Crippen molar-refractivity contribution in [2.24, 2.45) is 0 Å². The number of rotatable bonds is 23. The summed E-state index contributed by atoms with van der Waals surface area (Å²) >= 11 is 0. The number of carbonyl (C=O) groups excluding carboxylic acids is 1. The van der Waals surface area contributed by atoms with Gasteiger partial charge in [-0.1, -0.05) is 46.0 Å². The molecular weight excluding hydrogens is 656 g/mol. The van der Waals surface area contributed by atoms with Gasteiger partial charge in [-0.25, -0.2) is 0 Å². The normalized spacial score (nSPS) is 33.0. The Hall–Kier alpha value is -1.58. The first-order valence-electron chi connectivity index (χ1n) is 17.3. The largest absolute Gasteiger partial charge is 0.481 e. The predicted molar refractivity (Wildman–Crippen MR) is 168 cm³/mol. The van der Waals surface area contributed by atoms with Crippen LogP contribution in [0.25, 0.3) is 0 Å². The van der Waals surface area contributed by atoms with Crippen LogP contribution in [-0.2, 0) is 33.3 Å². The molecule has 0 aromatic rings. The summed E-state index contributed by atoms with van der Waals surface area (Å²) in [6.45, 7) is 2.61. The van der Waals surface area contributed by atoms with Crippen LogP contribution in [0.4, 0.5) is 0 Å². The Balaban J connectivity index is 2.09. The second-order valence-corrected chi connectivity index (χ2v) is 12.9. The van der Waals surface area contributed by atoms with E-state index in [2.05, 4.69) is 0 Å². The van der Waals surface area contributed by atoms with Crippen LogP contribution in [0.5, 0.6) is 0 Å². The van der Waals surface area contributed by atoms with Crippen molar-refractivity contribution >= 4 is 11.9 Å². The minimum absolute atomic E-state index is 0.0871. The fraction of sp³-hybridized carbons (Fsp3) is 0.938. The molecular formula is C32H58O17. The Morgan fingerprint density at radius 3 is 1.55 bits per heavy atom. The number of unbranched alkanes of at least 4 members (excludes halogenated alkanes) is 4. The maximum Gasteiger partial charge on any atom is 0.308 e. The highest BCUT2D eigenvalue weighted by molar-refractivity contribution is 5.70. The first-order valence-corrected chi connectivity index (χ1v) is 17.3. The van der Waals surface area contributed by atoms with Crippen LogP contribution in [0, 0.1) is 0 Å². The molecule has 0 radical (unpaired) electrons. The van der Waals surface area contributed by atoms with Crippen LogP contribution in [0.15, 0.2) is 0 Å². The molecule has 0 aromatic carbocycles. The van der Waals surface area contributed by atoms with Crippen LogP contribution in [0.3, 0.4) is 0 Å². The van der Waals surface area contributed by atoms with Crippen LogP contribution in [-0.4, -0.2) is 162 Å². The second kappa shape index (κ2) is 22.4. The topological polar surface area (TPSA) is 283 Å². The predicted octanol–water partition coefficient (Wildman–Crippen LogP) is -1.57. The average molecular weight is 715 g/mol. The number of carboxylic acids is 1. The summed E-state index contributed by atoms with van der Waals surface area (Å²) in [7, 11) is 0. The number of aliphatic carboxylic acids is 1. The van der Waals surface area contributed by atoms with E-state index in [9.17, 15) is 60.7 Å². The van der Waals surface area contributed by atoms with Crippen molar-refractivity contribution in [2.45, 2.75) is 177 Å². The van der Waals surface area contributed by atoms with Crippen molar-refractivity contribution in [1.82, 2.24) is 0 Å². The Kier molecular flexibility index (Phi) is 19.9. The first kappa shape index (κ1) is 43.6. The van der Waals surface area contributed by atoms with Gasteiger partial charge in [0.1, 0.15) is 54.9 Å². The highest BCUT2D eigenvalue weighted by atomic mass is 16.7. The van der Waals surface area contributed by atoms with Gasteiger partial charge in [0.05, 0.1) is 44.4 Å². The lowest BCUT2D eigenvalue weighted by Gasteiger charge is -2.41. The Morgan fingerprint density at radius 2 is 1.10 bits per heavy atom. The minimum Gasteiger partial charge on any atom is -0.481 e. The number of ether oxygens (including phenoxy) is 5. The molecule has 0 bridgehead atoms. The molecule has 0 spiro atoms. The fourth-order valence-electron chi connectivity index (χ4n) is 5.94. The molecule has 0 amide bonds. The summed E-state index contributed by atoms with van der Waals surface area (Å²) in [5.74, 6) is -2.06. The van der Waals surface area contributed by atoms with Crippen molar-refractivity contribution in [3.8, 4) is 0 Å². The molecule has 0 aliphatic carbocycles. The van der Waals surface area contributed by atoms with E-state index in [0.29, 0.717) is 25.7 Å². The molecule has 2 heterocycles. The van der Waals surface area contributed by atoms with Crippen molar-refractivity contribution in [3.63, 3.8) is 0 Å². The van der Waals surface area contributed by atoms with Crippen LogP contribution in [0.1, 0.15) is 90.9 Å². The number of hydrogen-bond donors (Lipinski definition) is 10. The Morgan fingerprint density at radius 1 is 0.633 bits per heavy atom. The van der Waals surface area contributed by atoms with Gasteiger partial charge < -0.3 is 74.7 Å². The lowest BCUT2D eigenvalue weighted by Crippen LogP contribution is -2.59. The highest BCUT2D eigenvalue weighted by Crippen LogP contribution is 2.28. The Bertz CT molecular complexity index is 937. The summed E-state index contributed by atoms with van der Waals surface area (Å²) in [6, 6.07) is 0. The summed E-state index contributed by atoms with van der Waals surface area (Å²) in [4.78, 5) is 24.7. The van der Waals surface area contributed by atoms with Gasteiger partial charge in [0, 0.05) is 12.8 Å². The molecule has 0 aromatic heterocycles. The van der Waals surface area contributed by atoms with Crippen LogP contribution in [0.2, 0.25) is 0 Å². The summed E-state index contributed by atoms with van der Waals surface area (Å²) in [5.41, 5.74) is 0. The molecule has 49 heavy (non-hydrogen) atoms. The quantitative estimate of drug-likeness (QED) is 0.0423. The monoisotopic (exact) mass is 714 g/mol. The van der Waals surface area contributed by atoms with Gasteiger partial charge in [0.15, 0.2) is 12.6 Å². The zero-order chi connectivity index (χ0) is 36.7. The van der Waals surface area contributed by atoms with E-state index in [1.807, 2.05) is 13.8 Å². The van der Waals surface area contributed by atoms with Gasteiger partial charge in [-0.15, -0.1) is 0 Å². The first-order chi connectivity index (χ1) is 23.3. The minimum atomic E-state index is -1.76. The molecule has 2 aliphatic rings. The third kappa shape index (κ3) is 14.2. The molecule has 2 fully saturated rings. The summed E-state index contributed by atoms with van der Waals surface area (Å²) in [6.07, 6.45) is -15.5. The second-order valence-electron chi connectivity index (χ2n) is 12.9. The molecule has 10 N–H and O–H groups in total. The van der Waals surface area contributed by atoms with E-state index in [1.165, 1.54) is 0 Å². The van der Waals surface area contributed by atoms with E-state index in [4.69, 9.17) is 23.7 Å². The van der Waals surface area contributed by atoms with Crippen molar-refractivity contribution in [3.05, 3.63) is 0 Å². The van der Waals surface area contributed by atoms with Crippen molar-refractivity contribution < 1.29 is 84.3 Å². The smallest absolute Gasteiger partial charge is 0.308 e. The maximum atomic E-state index is 13.1. The van der Waals surface area contributed by atoms with E-state index < -0.39 is 124 Å². The van der Waals surface area contributed by atoms with Gasteiger partial charge in [-0.3, -0.25) is 9.59 Å². The van der Waals surface area contributed by atoms with Crippen molar-refractivity contribution in [1.29, 1.82) is 0 Å². The summed E-state index contributed by atoms with van der Waals surface area (Å²) < 4.78 is 28.1. The molecule has 14 atom stereocenters. The van der Waals surface area contributed by atoms with E-state index in [1.54, 1.807) is 0 Å². The van der Waals surface area contributed by atoms with Gasteiger partial charge in [-0.2, -0.15) is 0 Å². The third-order valence-corrected chi connectivity index (χ3v) is 8.77. The van der Waals surface area contributed by atoms with Gasteiger partial charge in [-0.05, 0) is 19.3 Å². The average Bonchev–Trinajstić information content (AvgIpc) is 3.04. The molecule has 17 nitrogen and oxygen atoms in total. The number of carbonyl (C=O) groups is 2. The molecule has 2 aliphatic heterocycles. The number of aliphatic hydroxyl groups excluding tert-OH is 9. The molecule has 2 rings (SSSR count). The fourth-order valence-corrected chi connectivity index (χ4v) is 5.94. The molecule has 0 saturated carbocycles. The SMILES string of the molecule is CCCCC[C@@H](C[C@@H](CC(=O)O)O[C@H]1O[C@@H](CO)[C@@H](O)[C@@H](O)[C@H]1O)OC(=O)C[C@@H](O)C[C@@H](CCCCC)O[C@H]1O[C@@H](CO)[C@@H](O)[C@@H](O)[C@H]1O. The van der Waals surface area contributed by atoms with E-state index >= 15 is 0 Å². The third-order valence-electron chi connectivity index (χ3n) is 8.77. The zero-order valence-corrected chi connectivity index (χ0v) is 28.3.